The van der Waals surface area contributed by atoms with Crippen molar-refractivity contribution < 1.29 is 5.11 Å². The minimum Gasteiger partial charge on any atom is -0.392 e. The third kappa shape index (κ3) is 4.21. The molecule has 0 saturated carbocycles. The van der Waals surface area contributed by atoms with Gasteiger partial charge in [-0.25, -0.2) is 0 Å². The first-order valence-electron chi connectivity index (χ1n) is 6.54. The average Bonchev–Trinajstić information content (AvgIpc) is 2.77. The Morgan fingerprint density at radius 3 is 2.50 bits per heavy atom. The molecule has 1 atom stereocenters. The highest BCUT2D eigenvalue weighted by Crippen LogP contribution is 2.23. The van der Waals surface area contributed by atoms with Gasteiger partial charge in [0.05, 0.1) is 10.4 Å². The molecule has 0 amide bonds. The molecule has 1 N–H and O–H groups in total. The van der Waals surface area contributed by atoms with Crippen molar-refractivity contribution in [3.05, 3.63) is 21.3 Å². The summed E-state index contributed by atoms with van der Waals surface area (Å²) in [4.78, 5) is 6.14. The summed E-state index contributed by atoms with van der Waals surface area (Å²) in [5.74, 6) is 0. The molecular formula is C13H21ClN2OS. The SMILES string of the molecule is CCC(O)CN1CCN(Cc2ccc(Cl)s2)CC1. The highest BCUT2D eigenvalue weighted by molar-refractivity contribution is 7.16. The van der Waals surface area contributed by atoms with Gasteiger partial charge < -0.3 is 5.11 Å². The largest absolute Gasteiger partial charge is 0.392 e. The van der Waals surface area contributed by atoms with Crippen LogP contribution in [0.3, 0.4) is 0 Å². The van der Waals surface area contributed by atoms with Crippen LogP contribution in [0.2, 0.25) is 4.34 Å². The van der Waals surface area contributed by atoms with Gasteiger partial charge in [0.2, 0.25) is 0 Å². The minimum absolute atomic E-state index is 0.173. The van der Waals surface area contributed by atoms with Crippen molar-refractivity contribution in [1.29, 1.82) is 0 Å². The molecule has 1 fully saturated rings. The lowest BCUT2D eigenvalue weighted by atomic mass is 10.2. The number of halogens is 1. The van der Waals surface area contributed by atoms with Crippen LogP contribution in [-0.4, -0.2) is 53.7 Å². The van der Waals surface area contributed by atoms with E-state index in [0.717, 1.165) is 50.0 Å². The van der Waals surface area contributed by atoms with Crippen LogP contribution in [0.5, 0.6) is 0 Å². The maximum atomic E-state index is 9.65. The summed E-state index contributed by atoms with van der Waals surface area (Å²) >= 11 is 7.61. The normalized spacial score (nSPS) is 20.2. The van der Waals surface area contributed by atoms with Gasteiger partial charge in [-0.3, -0.25) is 9.80 Å². The van der Waals surface area contributed by atoms with Crippen LogP contribution in [0.25, 0.3) is 0 Å². The van der Waals surface area contributed by atoms with Crippen molar-refractivity contribution in [2.75, 3.05) is 32.7 Å². The van der Waals surface area contributed by atoms with E-state index in [1.807, 2.05) is 13.0 Å². The summed E-state index contributed by atoms with van der Waals surface area (Å²) in [5.41, 5.74) is 0. The number of aliphatic hydroxyl groups excluding tert-OH is 1. The lowest BCUT2D eigenvalue weighted by molar-refractivity contribution is 0.0690. The van der Waals surface area contributed by atoms with Crippen molar-refractivity contribution in [2.24, 2.45) is 0 Å². The van der Waals surface area contributed by atoms with Gasteiger partial charge in [0.1, 0.15) is 0 Å². The first kappa shape index (κ1) is 14.3. The second-order valence-electron chi connectivity index (χ2n) is 4.84. The van der Waals surface area contributed by atoms with Gasteiger partial charge in [-0.15, -0.1) is 11.3 Å². The first-order valence-corrected chi connectivity index (χ1v) is 7.74. The molecule has 3 nitrogen and oxygen atoms in total. The van der Waals surface area contributed by atoms with Gasteiger partial charge >= 0.3 is 0 Å². The molecule has 2 rings (SSSR count). The second kappa shape index (κ2) is 6.87. The van der Waals surface area contributed by atoms with E-state index in [1.54, 1.807) is 11.3 Å². The summed E-state index contributed by atoms with van der Waals surface area (Å²) in [6, 6.07) is 4.08. The number of β-amino-alcohol motifs (C(OH)–C–C–N with tert-alkyl or cyclic N) is 1. The van der Waals surface area contributed by atoms with Gasteiger partial charge in [0.25, 0.3) is 0 Å². The highest BCUT2D eigenvalue weighted by atomic mass is 35.5. The van der Waals surface area contributed by atoms with Crippen molar-refractivity contribution in [2.45, 2.75) is 26.0 Å². The van der Waals surface area contributed by atoms with E-state index in [4.69, 9.17) is 11.6 Å². The molecule has 2 heterocycles. The van der Waals surface area contributed by atoms with Crippen LogP contribution in [-0.2, 0) is 6.54 Å². The number of hydrogen-bond donors (Lipinski definition) is 1. The lowest BCUT2D eigenvalue weighted by Crippen LogP contribution is -2.47. The van der Waals surface area contributed by atoms with Crippen molar-refractivity contribution in [1.82, 2.24) is 9.80 Å². The number of piperazine rings is 1. The summed E-state index contributed by atoms with van der Waals surface area (Å²) in [6.45, 7) is 8.10. The maximum Gasteiger partial charge on any atom is 0.0931 e. The zero-order valence-electron chi connectivity index (χ0n) is 10.8. The molecule has 5 heteroatoms. The van der Waals surface area contributed by atoms with E-state index in [-0.39, 0.29) is 6.10 Å². The van der Waals surface area contributed by atoms with Crippen LogP contribution < -0.4 is 0 Å². The molecule has 0 aliphatic carbocycles. The third-order valence-corrected chi connectivity index (χ3v) is 4.63. The molecule has 1 aliphatic rings. The minimum atomic E-state index is -0.173. The van der Waals surface area contributed by atoms with Crippen molar-refractivity contribution >= 4 is 22.9 Å². The number of nitrogens with zero attached hydrogens (tertiary/aromatic N) is 2. The van der Waals surface area contributed by atoms with E-state index < -0.39 is 0 Å². The molecule has 1 aliphatic heterocycles. The van der Waals surface area contributed by atoms with Crippen molar-refractivity contribution in [3.63, 3.8) is 0 Å². The Bertz CT molecular complexity index is 364. The fourth-order valence-electron chi connectivity index (χ4n) is 2.21. The summed E-state index contributed by atoms with van der Waals surface area (Å²) in [7, 11) is 0. The molecule has 1 aromatic heterocycles. The molecule has 1 saturated heterocycles. The van der Waals surface area contributed by atoms with E-state index in [1.165, 1.54) is 4.88 Å². The van der Waals surface area contributed by atoms with E-state index in [2.05, 4.69) is 15.9 Å². The number of thiophene rings is 1. The number of aliphatic hydroxyl groups is 1. The Morgan fingerprint density at radius 1 is 1.28 bits per heavy atom. The average molecular weight is 289 g/mol. The molecule has 18 heavy (non-hydrogen) atoms. The topological polar surface area (TPSA) is 26.7 Å². The Hall–Kier alpha value is -0.130. The summed E-state index contributed by atoms with van der Waals surface area (Å²) < 4.78 is 0.870. The molecule has 1 aromatic rings. The summed E-state index contributed by atoms with van der Waals surface area (Å²) in [5, 5.41) is 9.65. The van der Waals surface area contributed by atoms with E-state index in [9.17, 15) is 5.11 Å². The van der Waals surface area contributed by atoms with Gasteiger partial charge in [0, 0.05) is 44.1 Å². The van der Waals surface area contributed by atoms with Crippen LogP contribution in [0.1, 0.15) is 18.2 Å². The third-order valence-electron chi connectivity index (χ3n) is 3.41. The predicted molar refractivity (Wildman–Crippen MR) is 77.3 cm³/mol. The van der Waals surface area contributed by atoms with Crippen LogP contribution in [0, 0.1) is 0 Å². The fraction of sp³-hybridized carbons (Fsp3) is 0.692. The van der Waals surface area contributed by atoms with E-state index >= 15 is 0 Å². The molecule has 0 aromatic carbocycles. The number of rotatable bonds is 5. The zero-order chi connectivity index (χ0) is 13.0. The molecular weight excluding hydrogens is 268 g/mol. The Morgan fingerprint density at radius 2 is 1.94 bits per heavy atom. The smallest absolute Gasteiger partial charge is 0.0931 e. The monoisotopic (exact) mass is 288 g/mol. The highest BCUT2D eigenvalue weighted by Gasteiger charge is 2.18. The molecule has 0 radical (unpaired) electrons. The first-order chi connectivity index (χ1) is 8.67. The molecule has 0 bridgehead atoms. The van der Waals surface area contributed by atoms with Gasteiger partial charge in [-0.2, -0.15) is 0 Å². The van der Waals surface area contributed by atoms with E-state index in [0.29, 0.717) is 0 Å². The Kier molecular flexibility index (Phi) is 5.45. The van der Waals surface area contributed by atoms with Crippen LogP contribution in [0.4, 0.5) is 0 Å². The Labute approximate surface area is 118 Å². The lowest BCUT2D eigenvalue weighted by Gasteiger charge is -2.35. The second-order valence-corrected chi connectivity index (χ2v) is 6.64. The van der Waals surface area contributed by atoms with Crippen molar-refractivity contribution in [3.8, 4) is 0 Å². The summed E-state index contributed by atoms with van der Waals surface area (Å²) in [6.07, 6.45) is 0.668. The quantitative estimate of drug-likeness (QED) is 0.901. The van der Waals surface area contributed by atoms with Gasteiger partial charge in [0.15, 0.2) is 0 Å². The zero-order valence-corrected chi connectivity index (χ0v) is 12.4. The van der Waals surface area contributed by atoms with Gasteiger partial charge in [-0.05, 0) is 18.6 Å². The fourth-order valence-corrected chi connectivity index (χ4v) is 3.34. The Balaban J connectivity index is 1.73. The molecule has 0 spiro atoms. The number of hydrogen-bond acceptors (Lipinski definition) is 4. The van der Waals surface area contributed by atoms with Gasteiger partial charge in [-0.1, -0.05) is 18.5 Å². The molecule has 1 unspecified atom stereocenters. The molecule has 102 valence electrons. The standard InChI is InChI=1S/C13H21ClN2OS/c1-2-11(17)9-15-5-7-16(8-6-15)10-12-3-4-13(14)18-12/h3-4,11,17H,2,5-10H2,1H3. The maximum absolute atomic E-state index is 9.65. The predicted octanol–water partition coefficient (Wildman–Crippen LogP) is 2.29. The van der Waals surface area contributed by atoms with Crippen LogP contribution >= 0.6 is 22.9 Å². The van der Waals surface area contributed by atoms with Crippen LogP contribution in [0.15, 0.2) is 12.1 Å².